The van der Waals surface area contributed by atoms with Crippen LogP contribution in [-0.2, 0) is 4.79 Å². The number of hydrogen-bond donors (Lipinski definition) is 3. The van der Waals surface area contributed by atoms with Crippen molar-refractivity contribution in [3.05, 3.63) is 30.1 Å². The zero-order valence-electron chi connectivity index (χ0n) is 11.2. The van der Waals surface area contributed by atoms with E-state index in [1.807, 2.05) is 0 Å². The molecule has 0 saturated heterocycles. The van der Waals surface area contributed by atoms with Gasteiger partial charge in [-0.3, -0.25) is 4.90 Å². The van der Waals surface area contributed by atoms with Gasteiger partial charge in [0.2, 0.25) is 0 Å². The number of nitrogens with one attached hydrogen (secondary N) is 1. The second kappa shape index (κ2) is 6.85. The number of halogens is 1. The van der Waals surface area contributed by atoms with E-state index >= 15 is 0 Å². The maximum atomic E-state index is 12.8. The molecule has 0 fully saturated rings. The summed E-state index contributed by atoms with van der Waals surface area (Å²) in [4.78, 5) is 24.2. The zero-order chi connectivity index (χ0) is 15.3. The Hall–Kier alpha value is -2.15. The highest BCUT2D eigenvalue weighted by molar-refractivity contribution is 5.94. The molecule has 0 aromatic heterocycles. The molecule has 3 N–H and O–H groups in total. The van der Waals surface area contributed by atoms with Gasteiger partial charge in [-0.2, -0.15) is 0 Å². The first-order valence-corrected chi connectivity index (χ1v) is 6.11. The average Bonchev–Trinajstić information content (AvgIpc) is 2.38. The lowest BCUT2D eigenvalue weighted by molar-refractivity contribution is -0.141. The third kappa shape index (κ3) is 3.92. The fourth-order valence-corrected chi connectivity index (χ4v) is 1.66. The number of benzene rings is 1. The quantitative estimate of drug-likeness (QED) is 0.757. The van der Waals surface area contributed by atoms with E-state index in [0.29, 0.717) is 5.69 Å². The summed E-state index contributed by atoms with van der Waals surface area (Å²) in [6, 6.07) is 3.15. The highest BCUT2D eigenvalue weighted by atomic mass is 19.1. The predicted molar refractivity (Wildman–Crippen MR) is 71.1 cm³/mol. The number of aliphatic hydroxyl groups excluding tert-OH is 1. The second-order valence-corrected chi connectivity index (χ2v) is 4.23. The number of amides is 2. The summed E-state index contributed by atoms with van der Waals surface area (Å²) >= 11 is 0. The van der Waals surface area contributed by atoms with Crippen molar-refractivity contribution >= 4 is 17.7 Å². The van der Waals surface area contributed by atoms with E-state index in [2.05, 4.69) is 5.32 Å². The van der Waals surface area contributed by atoms with Gasteiger partial charge in [0, 0.05) is 12.2 Å². The van der Waals surface area contributed by atoms with Crippen molar-refractivity contribution in [1.82, 2.24) is 5.32 Å². The molecular formula is C13H17FN2O4. The molecule has 0 aliphatic carbocycles. The first-order chi connectivity index (χ1) is 9.36. The van der Waals surface area contributed by atoms with Crippen LogP contribution in [0.15, 0.2) is 24.3 Å². The predicted octanol–water partition coefficient (Wildman–Crippen LogP) is 1.20. The van der Waals surface area contributed by atoms with Gasteiger partial charge in [0.05, 0.1) is 6.10 Å². The normalized spacial score (nSPS) is 13.4. The van der Waals surface area contributed by atoms with Crippen LogP contribution in [-0.4, -0.2) is 40.9 Å². The Morgan fingerprint density at radius 2 is 1.90 bits per heavy atom. The molecule has 7 heteroatoms. The standard InChI is InChI=1S/C13H17FN2O4/c1-3-16(10-6-4-9(14)5-7-10)13(20)15-11(8(2)17)12(18)19/h4-8,11,17H,3H2,1-2H3,(H,15,20)(H,18,19). The Balaban J connectivity index is 2.87. The Morgan fingerprint density at radius 3 is 2.30 bits per heavy atom. The van der Waals surface area contributed by atoms with Gasteiger partial charge in [-0.05, 0) is 38.1 Å². The number of aliphatic hydroxyl groups is 1. The fourth-order valence-electron chi connectivity index (χ4n) is 1.66. The van der Waals surface area contributed by atoms with Gasteiger partial charge >= 0.3 is 12.0 Å². The minimum absolute atomic E-state index is 0.267. The molecule has 2 atom stereocenters. The molecule has 6 nitrogen and oxygen atoms in total. The summed E-state index contributed by atoms with van der Waals surface area (Å²) < 4.78 is 12.8. The molecule has 0 saturated carbocycles. The summed E-state index contributed by atoms with van der Waals surface area (Å²) in [6.45, 7) is 3.23. The number of aliphatic carboxylic acids is 1. The summed E-state index contributed by atoms with van der Waals surface area (Å²) in [6.07, 6.45) is -1.23. The van der Waals surface area contributed by atoms with Crippen molar-refractivity contribution in [1.29, 1.82) is 0 Å². The SMILES string of the molecule is CCN(C(=O)NC(C(=O)O)C(C)O)c1ccc(F)cc1. The topological polar surface area (TPSA) is 89.9 Å². The molecule has 1 aromatic carbocycles. The fraction of sp³-hybridized carbons (Fsp3) is 0.385. The molecule has 1 aromatic rings. The third-order valence-electron chi connectivity index (χ3n) is 2.73. The summed E-state index contributed by atoms with van der Waals surface area (Å²) in [5.74, 6) is -1.76. The maximum absolute atomic E-state index is 12.8. The van der Waals surface area contributed by atoms with E-state index < -0.39 is 30.0 Å². The molecule has 110 valence electrons. The smallest absolute Gasteiger partial charge is 0.328 e. The van der Waals surface area contributed by atoms with Gasteiger partial charge in [-0.25, -0.2) is 14.0 Å². The van der Waals surface area contributed by atoms with Crippen LogP contribution in [0.25, 0.3) is 0 Å². The lowest BCUT2D eigenvalue weighted by Gasteiger charge is -2.25. The number of hydrogen-bond acceptors (Lipinski definition) is 3. The van der Waals surface area contributed by atoms with E-state index in [9.17, 15) is 19.1 Å². The Kier molecular flexibility index (Phi) is 5.45. The van der Waals surface area contributed by atoms with Crippen LogP contribution >= 0.6 is 0 Å². The van der Waals surface area contributed by atoms with E-state index in [1.54, 1.807) is 6.92 Å². The molecule has 0 aliphatic heterocycles. The van der Waals surface area contributed by atoms with Crippen molar-refractivity contribution in [3.8, 4) is 0 Å². The van der Waals surface area contributed by atoms with Crippen molar-refractivity contribution < 1.29 is 24.2 Å². The zero-order valence-corrected chi connectivity index (χ0v) is 11.2. The number of urea groups is 1. The number of anilines is 1. The minimum Gasteiger partial charge on any atom is -0.480 e. The maximum Gasteiger partial charge on any atom is 0.328 e. The van der Waals surface area contributed by atoms with Gasteiger partial charge in [0.25, 0.3) is 0 Å². The largest absolute Gasteiger partial charge is 0.480 e. The molecule has 1 rings (SSSR count). The monoisotopic (exact) mass is 284 g/mol. The van der Waals surface area contributed by atoms with Crippen LogP contribution in [0.1, 0.15) is 13.8 Å². The molecule has 0 radical (unpaired) electrons. The first-order valence-electron chi connectivity index (χ1n) is 6.11. The highest BCUT2D eigenvalue weighted by Gasteiger charge is 2.27. The number of carboxylic acid groups (broad SMARTS) is 1. The molecule has 0 spiro atoms. The van der Waals surface area contributed by atoms with Crippen LogP contribution in [0.2, 0.25) is 0 Å². The molecule has 2 unspecified atom stereocenters. The summed E-state index contributed by atoms with van der Waals surface area (Å²) in [7, 11) is 0. The van der Waals surface area contributed by atoms with Crippen LogP contribution < -0.4 is 10.2 Å². The van der Waals surface area contributed by atoms with E-state index in [4.69, 9.17) is 5.11 Å². The number of carbonyl (C=O) groups is 2. The molecule has 20 heavy (non-hydrogen) atoms. The lowest BCUT2D eigenvalue weighted by Crippen LogP contribution is -2.52. The van der Waals surface area contributed by atoms with Gasteiger partial charge < -0.3 is 15.5 Å². The highest BCUT2D eigenvalue weighted by Crippen LogP contribution is 2.15. The van der Waals surface area contributed by atoms with Crippen LogP contribution in [0.4, 0.5) is 14.9 Å². The molecule has 0 aliphatic rings. The summed E-state index contributed by atoms with van der Waals surface area (Å²) in [5.41, 5.74) is 0.432. The van der Waals surface area contributed by atoms with Crippen LogP contribution in [0.5, 0.6) is 0 Å². The minimum atomic E-state index is -1.41. The van der Waals surface area contributed by atoms with Crippen LogP contribution in [0, 0.1) is 5.82 Å². The van der Waals surface area contributed by atoms with Crippen molar-refractivity contribution in [2.24, 2.45) is 0 Å². The van der Waals surface area contributed by atoms with Crippen LogP contribution in [0.3, 0.4) is 0 Å². The molecule has 0 bridgehead atoms. The van der Waals surface area contributed by atoms with E-state index in [-0.39, 0.29) is 6.54 Å². The average molecular weight is 284 g/mol. The Morgan fingerprint density at radius 1 is 1.35 bits per heavy atom. The lowest BCUT2D eigenvalue weighted by atomic mass is 10.2. The third-order valence-corrected chi connectivity index (χ3v) is 2.73. The number of carbonyl (C=O) groups excluding carboxylic acids is 1. The van der Waals surface area contributed by atoms with Gasteiger partial charge in [-0.1, -0.05) is 0 Å². The molecule has 2 amide bonds. The van der Waals surface area contributed by atoms with E-state index in [0.717, 1.165) is 0 Å². The number of nitrogens with zero attached hydrogens (tertiary/aromatic N) is 1. The molecular weight excluding hydrogens is 267 g/mol. The summed E-state index contributed by atoms with van der Waals surface area (Å²) in [5, 5.41) is 20.5. The van der Waals surface area contributed by atoms with Gasteiger partial charge in [0.15, 0.2) is 6.04 Å². The van der Waals surface area contributed by atoms with E-state index in [1.165, 1.54) is 36.1 Å². The van der Waals surface area contributed by atoms with Crippen molar-refractivity contribution in [3.63, 3.8) is 0 Å². The van der Waals surface area contributed by atoms with Crippen molar-refractivity contribution in [2.45, 2.75) is 26.0 Å². The van der Waals surface area contributed by atoms with Gasteiger partial charge in [0.1, 0.15) is 5.82 Å². The number of carboxylic acids is 1. The first kappa shape index (κ1) is 15.9. The molecule has 0 heterocycles. The second-order valence-electron chi connectivity index (χ2n) is 4.23. The van der Waals surface area contributed by atoms with Crippen molar-refractivity contribution in [2.75, 3.05) is 11.4 Å². The number of rotatable bonds is 5. The Bertz CT molecular complexity index is 476. The van der Waals surface area contributed by atoms with Gasteiger partial charge in [-0.15, -0.1) is 0 Å². The Labute approximate surface area is 115 Å².